The molecule has 2 rings (SSSR count). The zero-order valence-electron chi connectivity index (χ0n) is 9.87. The molecule has 0 saturated heterocycles. The highest BCUT2D eigenvalue weighted by Gasteiger charge is 2.16. The summed E-state index contributed by atoms with van der Waals surface area (Å²) in [7, 11) is -2.22. The molecule has 0 atom stereocenters. The molecule has 0 spiro atoms. The third-order valence-corrected chi connectivity index (χ3v) is 3.55. The normalized spacial score (nSPS) is 11.7. The van der Waals surface area contributed by atoms with E-state index in [1.165, 1.54) is 17.8 Å². The molecule has 0 radical (unpaired) electrons. The Bertz CT molecular complexity index is 676. The first-order valence-electron chi connectivity index (χ1n) is 5.28. The van der Waals surface area contributed by atoms with Gasteiger partial charge in [0.05, 0.1) is 5.69 Å². The van der Waals surface area contributed by atoms with Gasteiger partial charge in [-0.05, 0) is 11.6 Å². The quantitative estimate of drug-likeness (QED) is 0.827. The number of rotatable bonds is 3. The lowest BCUT2D eigenvalue weighted by Crippen LogP contribution is -2.16. The number of hydrogen-bond donors (Lipinski definition) is 2. The van der Waals surface area contributed by atoms with Crippen molar-refractivity contribution in [3.63, 3.8) is 0 Å². The van der Waals surface area contributed by atoms with Crippen molar-refractivity contribution in [1.29, 1.82) is 0 Å². The first-order chi connectivity index (χ1) is 8.41. The summed E-state index contributed by atoms with van der Waals surface area (Å²) >= 11 is 0. The summed E-state index contributed by atoms with van der Waals surface area (Å²) < 4.78 is 23.9. The molecule has 0 aliphatic rings. The summed E-state index contributed by atoms with van der Waals surface area (Å²) in [6.45, 7) is 0.419. The van der Waals surface area contributed by atoms with Crippen LogP contribution in [0.2, 0.25) is 0 Å². The van der Waals surface area contributed by atoms with Gasteiger partial charge in [-0.25, -0.2) is 13.6 Å². The summed E-state index contributed by atoms with van der Waals surface area (Å²) in [5, 5.41) is 9.22. The molecular formula is C11H14N4O2S. The second-order valence-electron chi connectivity index (χ2n) is 3.94. The van der Waals surface area contributed by atoms with Crippen LogP contribution >= 0.6 is 0 Å². The Hall–Kier alpha value is -1.70. The number of hydrogen-bond acceptors (Lipinski definition) is 4. The Kier molecular flexibility index (Phi) is 3.20. The van der Waals surface area contributed by atoms with Crippen LogP contribution in [0.4, 0.5) is 0 Å². The van der Waals surface area contributed by atoms with E-state index in [-0.39, 0.29) is 5.03 Å². The van der Waals surface area contributed by atoms with Crippen LogP contribution in [0.3, 0.4) is 0 Å². The van der Waals surface area contributed by atoms with Crippen molar-refractivity contribution in [2.45, 2.75) is 11.6 Å². The lowest BCUT2D eigenvalue weighted by molar-refractivity contribution is 0.579. The molecule has 96 valence electrons. The van der Waals surface area contributed by atoms with Crippen LogP contribution in [0.1, 0.15) is 5.56 Å². The van der Waals surface area contributed by atoms with Crippen molar-refractivity contribution >= 4 is 10.0 Å². The van der Waals surface area contributed by atoms with E-state index in [1.54, 1.807) is 0 Å². The molecule has 0 aliphatic heterocycles. The van der Waals surface area contributed by atoms with Crippen molar-refractivity contribution in [2.24, 2.45) is 17.9 Å². The second kappa shape index (κ2) is 4.52. The summed E-state index contributed by atoms with van der Waals surface area (Å²) in [6.07, 6.45) is 0. The zero-order valence-corrected chi connectivity index (χ0v) is 10.7. The molecule has 0 amide bonds. The third-order valence-electron chi connectivity index (χ3n) is 2.59. The summed E-state index contributed by atoms with van der Waals surface area (Å²) in [5.41, 5.74) is 7.88. The van der Waals surface area contributed by atoms with Crippen LogP contribution in [0.5, 0.6) is 0 Å². The van der Waals surface area contributed by atoms with Gasteiger partial charge in [-0.2, -0.15) is 5.10 Å². The Morgan fingerprint density at radius 1 is 1.33 bits per heavy atom. The van der Waals surface area contributed by atoms with E-state index in [9.17, 15) is 8.42 Å². The highest BCUT2D eigenvalue weighted by molar-refractivity contribution is 7.89. The molecule has 0 fully saturated rings. The minimum atomic E-state index is -3.76. The summed E-state index contributed by atoms with van der Waals surface area (Å²) in [5.74, 6) is 0. The molecule has 1 aromatic carbocycles. The van der Waals surface area contributed by atoms with Gasteiger partial charge >= 0.3 is 0 Å². The molecular weight excluding hydrogens is 252 g/mol. The first-order valence-corrected chi connectivity index (χ1v) is 6.82. The molecule has 2 aromatic rings. The Morgan fingerprint density at radius 3 is 2.61 bits per heavy atom. The van der Waals surface area contributed by atoms with Gasteiger partial charge in [0.2, 0.25) is 0 Å². The van der Waals surface area contributed by atoms with Crippen molar-refractivity contribution in [1.82, 2.24) is 9.78 Å². The van der Waals surface area contributed by atoms with E-state index in [4.69, 9.17) is 10.9 Å². The Labute approximate surface area is 105 Å². The maximum Gasteiger partial charge on any atom is 0.255 e. The highest BCUT2D eigenvalue weighted by atomic mass is 32.2. The number of aromatic nitrogens is 2. The number of benzene rings is 1. The van der Waals surface area contributed by atoms with Crippen LogP contribution in [-0.2, 0) is 23.6 Å². The molecule has 1 aromatic heterocycles. The molecule has 1 heterocycles. The standard InChI is InChI=1S/C11H14N4O2S/c1-15-11(18(13,16)17)6-10(14-15)9-4-2-3-8(5-9)7-12/h2-6H,7,12H2,1H3,(H2,13,16,17). The van der Waals surface area contributed by atoms with Crippen LogP contribution in [0.25, 0.3) is 11.3 Å². The van der Waals surface area contributed by atoms with Crippen molar-refractivity contribution in [2.75, 3.05) is 0 Å². The molecule has 0 aliphatic carbocycles. The maximum atomic E-state index is 11.3. The highest BCUT2D eigenvalue weighted by Crippen LogP contribution is 2.21. The minimum absolute atomic E-state index is 0.0179. The predicted octanol–water partition coefficient (Wildman–Crippen LogP) is 0.193. The largest absolute Gasteiger partial charge is 0.326 e. The van der Waals surface area contributed by atoms with Gasteiger partial charge in [0.1, 0.15) is 0 Å². The fourth-order valence-electron chi connectivity index (χ4n) is 1.72. The van der Waals surface area contributed by atoms with Gasteiger partial charge < -0.3 is 5.73 Å². The van der Waals surface area contributed by atoms with Gasteiger partial charge in [0.15, 0.2) is 5.03 Å². The van der Waals surface area contributed by atoms with E-state index in [0.29, 0.717) is 12.2 Å². The van der Waals surface area contributed by atoms with Crippen LogP contribution in [-0.4, -0.2) is 18.2 Å². The van der Waals surface area contributed by atoms with Gasteiger partial charge in [0.25, 0.3) is 10.0 Å². The molecule has 6 nitrogen and oxygen atoms in total. The SMILES string of the molecule is Cn1nc(-c2cccc(CN)c2)cc1S(N)(=O)=O. The van der Waals surface area contributed by atoms with Crippen LogP contribution in [0, 0.1) is 0 Å². The molecule has 7 heteroatoms. The van der Waals surface area contributed by atoms with E-state index in [0.717, 1.165) is 11.1 Å². The number of nitrogens with two attached hydrogens (primary N) is 2. The average Bonchev–Trinajstić information content (AvgIpc) is 2.71. The van der Waals surface area contributed by atoms with Gasteiger partial charge in [-0.1, -0.05) is 18.2 Å². The maximum absolute atomic E-state index is 11.3. The zero-order chi connectivity index (χ0) is 13.3. The molecule has 0 bridgehead atoms. The molecule has 18 heavy (non-hydrogen) atoms. The van der Waals surface area contributed by atoms with E-state index < -0.39 is 10.0 Å². The average molecular weight is 266 g/mol. The molecule has 0 saturated carbocycles. The fourth-order valence-corrected chi connectivity index (χ4v) is 2.40. The summed E-state index contributed by atoms with van der Waals surface area (Å²) in [6, 6.07) is 8.91. The lowest BCUT2D eigenvalue weighted by atomic mass is 10.1. The lowest BCUT2D eigenvalue weighted by Gasteiger charge is -1.99. The van der Waals surface area contributed by atoms with Gasteiger partial charge in [-0.15, -0.1) is 0 Å². The van der Waals surface area contributed by atoms with Gasteiger partial charge in [-0.3, -0.25) is 4.68 Å². The Morgan fingerprint density at radius 2 is 2.06 bits per heavy atom. The van der Waals surface area contributed by atoms with E-state index in [1.807, 2.05) is 24.3 Å². The van der Waals surface area contributed by atoms with Crippen molar-refractivity contribution < 1.29 is 8.42 Å². The summed E-state index contributed by atoms with van der Waals surface area (Å²) in [4.78, 5) is 0. The number of sulfonamides is 1. The Balaban J connectivity index is 2.52. The van der Waals surface area contributed by atoms with E-state index >= 15 is 0 Å². The number of aryl methyl sites for hydroxylation is 1. The molecule has 0 unspecified atom stereocenters. The topological polar surface area (TPSA) is 104 Å². The third kappa shape index (κ3) is 2.42. The monoisotopic (exact) mass is 266 g/mol. The predicted molar refractivity (Wildman–Crippen MR) is 67.9 cm³/mol. The van der Waals surface area contributed by atoms with E-state index in [2.05, 4.69) is 5.10 Å². The van der Waals surface area contributed by atoms with Crippen LogP contribution in [0.15, 0.2) is 35.4 Å². The van der Waals surface area contributed by atoms with Crippen molar-refractivity contribution in [3.05, 3.63) is 35.9 Å². The fraction of sp³-hybridized carbons (Fsp3) is 0.182. The number of nitrogens with zero attached hydrogens (tertiary/aromatic N) is 2. The minimum Gasteiger partial charge on any atom is -0.326 e. The molecule has 4 N–H and O–H groups in total. The smallest absolute Gasteiger partial charge is 0.255 e. The van der Waals surface area contributed by atoms with Gasteiger partial charge in [0, 0.05) is 25.2 Å². The van der Waals surface area contributed by atoms with Crippen molar-refractivity contribution in [3.8, 4) is 11.3 Å². The number of primary sulfonamides is 1. The first kappa shape index (κ1) is 12.7. The second-order valence-corrected chi connectivity index (χ2v) is 5.45. The van der Waals surface area contributed by atoms with Crippen LogP contribution < -0.4 is 10.9 Å².